The van der Waals surface area contributed by atoms with E-state index in [-0.39, 0.29) is 11.7 Å². The van der Waals surface area contributed by atoms with Gasteiger partial charge in [-0.05, 0) is 12.1 Å². The van der Waals surface area contributed by atoms with E-state index < -0.39 is 0 Å². The van der Waals surface area contributed by atoms with Crippen LogP contribution in [0.3, 0.4) is 0 Å². The van der Waals surface area contributed by atoms with Crippen molar-refractivity contribution in [2.24, 2.45) is 0 Å². The van der Waals surface area contributed by atoms with Crippen molar-refractivity contribution in [2.75, 3.05) is 33.5 Å². The van der Waals surface area contributed by atoms with Crippen LogP contribution in [0.15, 0.2) is 22.7 Å². The van der Waals surface area contributed by atoms with E-state index >= 15 is 0 Å². The first-order valence-corrected chi connectivity index (χ1v) is 8.18. The minimum Gasteiger partial charge on any atom is -0.487 e. The van der Waals surface area contributed by atoms with Gasteiger partial charge in [0.15, 0.2) is 0 Å². The maximum atomic E-state index is 6.36. The summed E-state index contributed by atoms with van der Waals surface area (Å²) in [6, 6.07) is 6.16. The largest absolute Gasteiger partial charge is 0.487 e. The third-order valence-corrected chi connectivity index (χ3v) is 4.71. The van der Waals surface area contributed by atoms with E-state index in [1.54, 1.807) is 7.11 Å². The molecule has 0 aromatic heterocycles. The Labute approximate surface area is 133 Å². The zero-order chi connectivity index (χ0) is 14.7. The van der Waals surface area contributed by atoms with E-state index in [0.717, 1.165) is 48.3 Å². The third kappa shape index (κ3) is 3.42. The van der Waals surface area contributed by atoms with Crippen molar-refractivity contribution < 1.29 is 18.9 Å². The molecule has 0 bridgehead atoms. The van der Waals surface area contributed by atoms with Crippen LogP contribution in [0.5, 0.6) is 5.75 Å². The molecule has 1 aromatic rings. The zero-order valence-corrected chi connectivity index (χ0v) is 13.9. The number of hydrogen-bond donors (Lipinski definition) is 0. The Morgan fingerprint density at radius 1 is 1.29 bits per heavy atom. The van der Waals surface area contributed by atoms with Crippen LogP contribution in [-0.4, -0.2) is 39.1 Å². The van der Waals surface area contributed by atoms with Crippen molar-refractivity contribution in [1.29, 1.82) is 0 Å². The molecule has 1 fully saturated rings. The van der Waals surface area contributed by atoms with Gasteiger partial charge in [0.1, 0.15) is 11.4 Å². The van der Waals surface area contributed by atoms with Crippen LogP contribution in [0, 0.1) is 0 Å². The molecule has 1 unspecified atom stereocenters. The van der Waals surface area contributed by atoms with Gasteiger partial charge in [0.2, 0.25) is 0 Å². The smallest absolute Gasteiger partial charge is 0.127 e. The quantitative estimate of drug-likeness (QED) is 0.773. The minimum absolute atomic E-state index is 0.0649. The first-order chi connectivity index (χ1) is 10.2. The Balaban J connectivity index is 1.84. The zero-order valence-electron chi connectivity index (χ0n) is 12.3. The SMILES string of the molecule is COCCOC1CC2(CCOCC2)Oc2cc(Br)ccc21. The summed E-state index contributed by atoms with van der Waals surface area (Å²) < 4.78 is 24.0. The molecule has 0 aliphatic carbocycles. The molecular weight excluding hydrogens is 336 g/mol. The Morgan fingerprint density at radius 3 is 2.86 bits per heavy atom. The molecule has 3 rings (SSSR count). The van der Waals surface area contributed by atoms with Gasteiger partial charge < -0.3 is 18.9 Å². The van der Waals surface area contributed by atoms with Crippen LogP contribution in [0.25, 0.3) is 0 Å². The average molecular weight is 357 g/mol. The van der Waals surface area contributed by atoms with Gasteiger partial charge >= 0.3 is 0 Å². The minimum atomic E-state index is -0.149. The normalized spacial score (nSPS) is 23.6. The van der Waals surface area contributed by atoms with E-state index in [9.17, 15) is 0 Å². The van der Waals surface area contributed by atoms with Crippen LogP contribution < -0.4 is 4.74 Å². The summed E-state index contributed by atoms with van der Waals surface area (Å²) in [6.45, 7) is 2.73. The molecule has 2 aliphatic heterocycles. The maximum Gasteiger partial charge on any atom is 0.127 e. The molecule has 21 heavy (non-hydrogen) atoms. The Kier molecular flexibility index (Phi) is 4.84. The number of rotatable bonds is 4. The number of halogens is 1. The highest BCUT2D eigenvalue weighted by atomic mass is 79.9. The Morgan fingerprint density at radius 2 is 2.10 bits per heavy atom. The van der Waals surface area contributed by atoms with Gasteiger partial charge in [-0.25, -0.2) is 0 Å². The number of benzene rings is 1. The van der Waals surface area contributed by atoms with Gasteiger partial charge in [-0.15, -0.1) is 0 Å². The van der Waals surface area contributed by atoms with Gasteiger partial charge in [0, 0.05) is 36.4 Å². The monoisotopic (exact) mass is 356 g/mol. The van der Waals surface area contributed by atoms with Gasteiger partial charge in [-0.1, -0.05) is 22.0 Å². The average Bonchev–Trinajstić information content (AvgIpc) is 2.47. The van der Waals surface area contributed by atoms with Crippen LogP contribution >= 0.6 is 15.9 Å². The topological polar surface area (TPSA) is 36.9 Å². The number of ether oxygens (including phenoxy) is 4. The van der Waals surface area contributed by atoms with Crippen molar-refractivity contribution >= 4 is 15.9 Å². The summed E-state index contributed by atoms with van der Waals surface area (Å²) in [5.74, 6) is 0.931. The molecule has 5 heteroatoms. The predicted octanol–water partition coefficient (Wildman–Crippen LogP) is 3.48. The summed E-state index contributed by atoms with van der Waals surface area (Å²) in [7, 11) is 1.69. The lowest BCUT2D eigenvalue weighted by atomic mass is 9.83. The lowest BCUT2D eigenvalue weighted by Crippen LogP contribution is -2.46. The number of methoxy groups -OCH3 is 1. The summed E-state index contributed by atoms with van der Waals surface area (Å²) in [4.78, 5) is 0. The van der Waals surface area contributed by atoms with Crippen LogP contribution in [0.4, 0.5) is 0 Å². The molecule has 2 aliphatic rings. The summed E-state index contributed by atoms with van der Waals surface area (Å²) >= 11 is 3.52. The highest BCUT2D eigenvalue weighted by molar-refractivity contribution is 9.10. The molecule has 0 radical (unpaired) electrons. The first-order valence-electron chi connectivity index (χ1n) is 7.39. The summed E-state index contributed by atoms with van der Waals surface area (Å²) in [5, 5.41) is 0. The van der Waals surface area contributed by atoms with E-state index in [4.69, 9.17) is 18.9 Å². The number of fused-ring (bicyclic) bond motifs is 1. The van der Waals surface area contributed by atoms with E-state index in [2.05, 4.69) is 22.0 Å². The molecule has 1 aromatic carbocycles. The molecule has 0 N–H and O–H groups in total. The van der Waals surface area contributed by atoms with E-state index in [1.165, 1.54) is 0 Å². The molecule has 2 heterocycles. The molecule has 1 spiro atoms. The van der Waals surface area contributed by atoms with Crippen molar-refractivity contribution in [3.8, 4) is 5.75 Å². The van der Waals surface area contributed by atoms with Gasteiger partial charge in [0.05, 0.1) is 32.5 Å². The van der Waals surface area contributed by atoms with Crippen LogP contribution in [-0.2, 0) is 14.2 Å². The molecule has 0 amide bonds. The first kappa shape index (κ1) is 15.3. The van der Waals surface area contributed by atoms with E-state index in [1.807, 2.05) is 12.1 Å². The highest BCUT2D eigenvalue weighted by Crippen LogP contribution is 2.46. The van der Waals surface area contributed by atoms with E-state index in [0.29, 0.717) is 13.2 Å². The molecule has 0 saturated carbocycles. The van der Waals surface area contributed by atoms with Crippen molar-refractivity contribution in [3.05, 3.63) is 28.2 Å². The Bertz CT molecular complexity index is 485. The Hall–Kier alpha value is -0.620. The van der Waals surface area contributed by atoms with Crippen LogP contribution in [0.2, 0.25) is 0 Å². The second-order valence-corrected chi connectivity index (χ2v) is 6.55. The van der Waals surface area contributed by atoms with Crippen molar-refractivity contribution in [2.45, 2.75) is 31.0 Å². The molecule has 1 atom stereocenters. The second kappa shape index (κ2) is 6.65. The van der Waals surface area contributed by atoms with Crippen LogP contribution in [0.1, 0.15) is 30.9 Å². The lowest BCUT2D eigenvalue weighted by molar-refractivity contribution is -0.102. The fourth-order valence-corrected chi connectivity index (χ4v) is 3.40. The molecule has 1 saturated heterocycles. The summed E-state index contributed by atoms with van der Waals surface area (Å²) in [5.41, 5.74) is 0.982. The fraction of sp³-hybridized carbons (Fsp3) is 0.625. The maximum absolute atomic E-state index is 6.36. The standard InChI is InChI=1S/C16H21BrO4/c1-18-8-9-20-15-11-16(4-6-19-7-5-16)21-14-10-12(17)2-3-13(14)15/h2-3,10,15H,4-9,11H2,1H3. The number of hydrogen-bond acceptors (Lipinski definition) is 4. The lowest BCUT2D eigenvalue weighted by Gasteiger charge is -2.44. The molecular formula is C16H21BrO4. The van der Waals surface area contributed by atoms with Crippen molar-refractivity contribution in [3.63, 3.8) is 0 Å². The summed E-state index contributed by atoms with van der Waals surface area (Å²) in [6.07, 6.45) is 2.79. The highest BCUT2D eigenvalue weighted by Gasteiger charge is 2.42. The predicted molar refractivity (Wildman–Crippen MR) is 82.7 cm³/mol. The van der Waals surface area contributed by atoms with Crippen molar-refractivity contribution in [1.82, 2.24) is 0 Å². The van der Waals surface area contributed by atoms with Gasteiger partial charge in [-0.3, -0.25) is 0 Å². The molecule has 116 valence electrons. The third-order valence-electron chi connectivity index (χ3n) is 4.22. The van der Waals surface area contributed by atoms with Gasteiger partial charge in [-0.2, -0.15) is 0 Å². The van der Waals surface area contributed by atoms with Gasteiger partial charge in [0.25, 0.3) is 0 Å². The fourth-order valence-electron chi connectivity index (χ4n) is 3.06. The second-order valence-electron chi connectivity index (χ2n) is 5.64. The molecule has 4 nitrogen and oxygen atoms in total.